The van der Waals surface area contributed by atoms with Crippen molar-refractivity contribution in [1.82, 2.24) is 5.32 Å². The number of rotatable bonds is 5. The van der Waals surface area contributed by atoms with Gasteiger partial charge >= 0.3 is 0 Å². The molecule has 19 heavy (non-hydrogen) atoms. The maximum absolute atomic E-state index is 12.9. The molecule has 0 aliphatic rings. The number of hydrogen-bond donors (Lipinski definition) is 1. The van der Waals surface area contributed by atoms with Crippen LogP contribution in [0.1, 0.15) is 11.6 Å². The van der Waals surface area contributed by atoms with Crippen LogP contribution < -0.4 is 10.2 Å². The summed E-state index contributed by atoms with van der Waals surface area (Å²) in [6.07, 6.45) is 0. The Kier molecular flexibility index (Phi) is 4.53. The van der Waals surface area contributed by atoms with Gasteiger partial charge in [-0.25, -0.2) is 4.39 Å². The molecule has 0 amide bonds. The molecule has 2 aromatic carbocycles. The third-order valence-corrected chi connectivity index (χ3v) is 3.27. The van der Waals surface area contributed by atoms with Gasteiger partial charge in [0.05, 0.1) is 0 Å². The summed E-state index contributed by atoms with van der Waals surface area (Å²) in [5.41, 5.74) is 2.26. The summed E-state index contributed by atoms with van der Waals surface area (Å²) in [5.74, 6) is -0.203. The molecular formula is C16H19FN2. The summed E-state index contributed by atoms with van der Waals surface area (Å²) in [6, 6.07) is 17.1. The third-order valence-electron chi connectivity index (χ3n) is 3.27. The van der Waals surface area contributed by atoms with Crippen LogP contribution in [0.2, 0.25) is 0 Å². The molecule has 2 aromatic rings. The lowest BCUT2D eigenvalue weighted by atomic mass is 10.1. The quantitative estimate of drug-likeness (QED) is 0.886. The molecule has 1 atom stereocenters. The first-order valence-electron chi connectivity index (χ1n) is 6.39. The van der Waals surface area contributed by atoms with Gasteiger partial charge in [0.2, 0.25) is 0 Å². The first-order chi connectivity index (χ1) is 9.20. The van der Waals surface area contributed by atoms with Gasteiger partial charge in [0, 0.05) is 25.3 Å². The van der Waals surface area contributed by atoms with E-state index < -0.39 is 0 Å². The Balaban J connectivity index is 2.08. The fourth-order valence-corrected chi connectivity index (χ4v) is 2.12. The third kappa shape index (κ3) is 3.55. The van der Waals surface area contributed by atoms with Crippen molar-refractivity contribution in [2.45, 2.75) is 6.04 Å². The predicted octanol–water partition coefficient (Wildman–Crippen LogP) is 3.22. The molecule has 0 saturated carbocycles. The van der Waals surface area contributed by atoms with E-state index in [1.165, 1.54) is 17.7 Å². The number of likely N-dealkylation sites (N-methyl/N-ethyl adjacent to an activating group) is 2. The van der Waals surface area contributed by atoms with Crippen molar-refractivity contribution in [1.29, 1.82) is 0 Å². The average molecular weight is 258 g/mol. The maximum atomic E-state index is 12.9. The highest BCUT2D eigenvalue weighted by Crippen LogP contribution is 2.18. The number of hydrogen-bond acceptors (Lipinski definition) is 2. The summed E-state index contributed by atoms with van der Waals surface area (Å²) in [6.45, 7) is 0.826. The molecule has 1 unspecified atom stereocenters. The summed E-state index contributed by atoms with van der Waals surface area (Å²) in [7, 11) is 3.97. The lowest BCUT2D eigenvalue weighted by Gasteiger charge is -2.26. The zero-order valence-electron chi connectivity index (χ0n) is 11.3. The molecule has 100 valence electrons. The smallest absolute Gasteiger partial charge is 0.123 e. The summed E-state index contributed by atoms with van der Waals surface area (Å²) in [4.78, 5) is 2.12. The highest BCUT2D eigenvalue weighted by atomic mass is 19.1. The van der Waals surface area contributed by atoms with E-state index in [0.29, 0.717) is 0 Å². The molecular weight excluding hydrogens is 239 g/mol. The SMILES string of the molecule is CNC(CN(C)c1ccc(F)cc1)c1ccccc1. The van der Waals surface area contributed by atoms with Crippen molar-refractivity contribution in [2.75, 3.05) is 25.5 Å². The Morgan fingerprint density at radius 1 is 1.05 bits per heavy atom. The van der Waals surface area contributed by atoms with Crippen LogP contribution in [-0.4, -0.2) is 20.6 Å². The number of nitrogens with one attached hydrogen (secondary N) is 1. The fourth-order valence-electron chi connectivity index (χ4n) is 2.12. The van der Waals surface area contributed by atoms with Crippen LogP contribution in [0.15, 0.2) is 54.6 Å². The molecule has 0 bridgehead atoms. The van der Waals surface area contributed by atoms with Crippen molar-refractivity contribution in [2.24, 2.45) is 0 Å². The van der Waals surface area contributed by atoms with Gasteiger partial charge in [-0.2, -0.15) is 0 Å². The molecule has 0 heterocycles. The second kappa shape index (κ2) is 6.34. The van der Waals surface area contributed by atoms with Crippen LogP contribution in [0, 0.1) is 5.82 Å². The maximum Gasteiger partial charge on any atom is 0.123 e. The highest BCUT2D eigenvalue weighted by molar-refractivity contribution is 5.45. The lowest BCUT2D eigenvalue weighted by Crippen LogP contribution is -2.31. The number of benzene rings is 2. The van der Waals surface area contributed by atoms with E-state index in [1.807, 2.05) is 32.3 Å². The predicted molar refractivity (Wildman–Crippen MR) is 77.9 cm³/mol. The van der Waals surface area contributed by atoms with Crippen LogP contribution in [0.3, 0.4) is 0 Å². The molecule has 1 N–H and O–H groups in total. The van der Waals surface area contributed by atoms with Crippen molar-refractivity contribution in [3.63, 3.8) is 0 Å². The second-order valence-electron chi connectivity index (χ2n) is 4.61. The van der Waals surface area contributed by atoms with Crippen LogP contribution in [0.5, 0.6) is 0 Å². The van der Waals surface area contributed by atoms with Gasteiger partial charge in [-0.1, -0.05) is 30.3 Å². The van der Waals surface area contributed by atoms with Crippen LogP contribution in [0.4, 0.5) is 10.1 Å². The number of nitrogens with zero attached hydrogens (tertiary/aromatic N) is 1. The number of halogens is 1. The lowest BCUT2D eigenvalue weighted by molar-refractivity contribution is 0.589. The monoisotopic (exact) mass is 258 g/mol. The van der Waals surface area contributed by atoms with E-state index in [0.717, 1.165) is 12.2 Å². The van der Waals surface area contributed by atoms with Gasteiger partial charge in [-0.15, -0.1) is 0 Å². The molecule has 0 fully saturated rings. The Labute approximate surface area is 113 Å². The van der Waals surface area contributed by atoms with Gasteiger partial charge in [0.15, 0.2) is 0 Å². The van der Waals surface area contributed by atoms with Gasteiger partial charge in [-0.3, -0.25) is 0 Å². The Morgan fingerprint density at radius 3 is 2.26 bits per heavy atom. The molecule has 0 aromatic heterocycles. The fraction of sp³-hybridized carbons (Fsp3) is 0.250. The average Bonchev–Trinajstić information content (AvgIpc) is 2.46. The number of anilines is 1. The molecule has 2 rings (SSSR count). The molecule has 0 aliphatic carbocycles. The van der Waals surface area contributed by atoms with E-state index in [1.54, 1.807) is 12.1 Å². The largest absolute Gasteiger partial charge is 0.373 e. The van der Waals surface area contributed by atoms with Gasteiger partial charge in [0.1, 0.15) is 5.82 Å². The van der Waals surface area contributed by atoms with Crippen LogP contribution >= 0.6 is 0 Å². The van der Waals surface area contributed by atoms with E-state index in [-0.39, 0.29) is 11.9 Å². The van der Waals surface area contributed by atoms with Crippen molar-refractivity contribution in [3.05, 3.63) is 66.0 Å². The molecule has 2 nitrogen and oxygen atoms in total. The highest BCUT2D eigenvalue weighted by Gasteiger charge is 2.12. The van der Waals surface area contributed by atoms with Gasteiger partial charge < -0.3 is 10.2 Å². The standard InChI is InChI=1S/C16H19FN2/c1-18-16(13-6-4-3-5-7-13)12-19(2)15-10-8-14(17)9-11-15/h3-11,16,18H,12H2,1-2H3. The summed E-state index contributed by atoms with van der Waals surface area (Å²) in [5, 5.41) is 3.31. The minimum Gasteiger partial charge on any atom is -0.373 e. The van der Waals surface area contributed by atoms with Gasteiger partial charge in [0.25, 0.3) is 0 Å². The van der Waals surface area contributed by atoms with E-state index in [2.05, 4.69) is 22.3 Å². The van der Waals surface area contributed by atoms with Crippen molar-refractivity contribution < 1.29 is 4.39 Å². The van der Waals surface area contributed by atoms with Crippen molar-refractivity contribution >= 4 is 5.69 Å². The Morgan fingerprint density at radius 2 is 1.68 bits per heavy atom. The van der Waals surface area contributed by atoms with E-state index in [4.69, 9.17) is 0 Å². The molecule has 0 aliphatic heterocycles. The summed E-state index contributed by atoms with van der Waals surface area (Å²) < 4.78 is 12.9. The Hall–Kier alpha value is -1.87. The molecule has 0 spiro atoms. The summed E-state index contributed by atoms with van der Waals surface area (Å²) >= 11 is 0. The van der Waals surface area contributed by atoms with Crippen LogP contribution in [0.25, 0.3) is 0 Å². The normalized spacial score (nSPS) is 12.2. The zero-order chi connectivity index (χ0) is 13.7. The topological polar surface area (TPSA) is 15.3 Å². The van der Waals surface area contributed by atoms with Crippen molar-refractivity contribution in [3.8, 4) is 0 Å². The van der Waals surface area contributed by atoms with Gasteiger partial charge in [-0.05, 0) is 36.9 Å². The Bertz CT molecular complexity index is 496. The second-order valence-corrected chi connectivity index (χ2v) is 4.61. The molecule has 3 heteroatoms. The first-order valence-corrected chi connectivity index (χ1v) is 6.39. The minimum atomic E-state index is -0.203. The van der Waals surface area contributed by atoms with E-state index >= 15 is 0 Å². The van der Waals surface area contributed by atoms with E-state index in [9.17, 15) is 4.39 Å². The minimum absolute atomic E-state index is 0.203. The molecule has 0 saturated heterocycles. The molecule has 0 radical (unpaired) electrons. The van der Waals surface area contributed by atoms with Crippen LogP contribution in [-0.2, 0) is 0 Å². The zero-order valence-corrected chi connectivity index (χ0v) is 11.3. The first kappa shape index (κ1) is 13.6.